The van der Waals surface area contributed by atoms with E-state index in [1.165, 1.54) is 4.90 Å². The van der Waals surface area contributed by atoms with Crippen molar-refractivity contribution in [3.8, 4) is 0 Å². The third-order valence-corrected chi connectivity index (χ3v) is 3.32. The number of quaternary nitrogens is 1. The lowest BCUT2D eigenvalue weighted by Crippen LogP contribution is -3.07. The predicted octanol–water partition coefficient (Wildman–Crippen LogP) is 0.611. The normalized spacial score (nSPS) is 12.7. The van der Waals surface area contributed by atoms with E-state index in [9.17, 15) is 9.90 Å². The highest BCUT2D eigenvalue weighted by atomic mass is 16.4. The van der Waals surface area contributed by atoms with Crippen LogP contribution in [0.3, 0.4) is 0 Å². The first-order valence-corrected chi connectivity index (χ1v) is 6.66. The maximum Gasteiger partial charge on any atom is 0.159 e. The van der Waals surface area contributed by atoms with Crippen LogP contribution in [-0.4, -0.2) is 19.6 Å². The van der Waals surface area contributed by atoms with Gasteiger partial charge in [0, 0.05) is 5.39 Å². The third kappa shape index (κ3) is 2.96. The Labute approximate surface area is 112 Å². The van der Waals surface area contributed by atoms with E-state index in [4.69, 9.17) is 4.42 Å². The minimum atomic E-state index is -1.24. The quantitative estimate of drug-likeness (QED) is 0.829. The van der Waals surface area contributed by atoms with Gasteiger partial charge in [-0.2, -0.15) is 0 Å². The molecule has 19 heavy (non-hydrogen) atoms. The number of hydrogen-bond donors (Lipinski definition) is 1. The Kier molecular flexibility index (Phi) is 4.22. The van der Waals surface area contributed by atoms with Crippen LogP contribution in [0, 0.1) is 0 Å². The van der Waals surface area contributed by atoms with Crippen molar-refractivity contribution in [3.05, 3.63) is 35.6 Å². The van der Waals surface area contributed by atoms with E-state index in [0.717, 1.165) is 30.3 Å². The second-order valence-corrected chi connectivity index (χ2v) is 4.93. The molecule has 0 aliphatic heterocycles. The van der Waals surface area contributed by atoms with Gasteiger partial charge in [0.05, 0.1) is 19.2 Å². The van der Waals surface area contributed by atoms with E-state index < -0.39 is 5.97 Å². The van der Waals surface area contributed by atoms with Crippen LogP contribution in [0.1, 0.15) is 35.9 Å². The van der Waals surface area contributed by atoms with Gasteiger partial charge in [-0.3, -0.25) is 0 Å². The maximum absolute atomic E-state index is 11.2. The Balaban J connectivity index is 2.34. The number of aromatic carboxylic acids is 1. The lowest BCUT2D eigenvalue weighted by molar-refractivity contribution is -0.893. The van der Waals surface area contributed by atoms with Gasteiger partial charge < -0.3 is 19.2 Å². The highest BCUT2D eigenvalue weighted by molar-refractivity contribution is 5.93. The molecule has 1 aromatic heterocycles. The van der Waals surface area contributed by atoms with Gasteiger partial charge in [-0.1, -0.05) is 31.5 Å². The van der Waals surface area contributed by atoms with Gasteiger partial charge in [0.15, 0.2) is 5.76 Å². The molecule has 2 aromatic rings. The minimum Gasteiger partial charge on any atom is -0.542 e. The van der Waals surface area contributed by atoms with E-state index in [-0.39, 0.29) is 5.76 Å². The highest BCUT2D eigenvalue weighted by Crippen LogP contribution is 2.24. The first kappa shape index (κ1) is 13.6. The van der Waals surface area contributed by atoms with E-state index in [2.05, 4.69) is 14.0 Å². The van der Waals surface area contributed by atoms with Gasteiger partial charge in [-0.25, -0.2) is 0 Å². The van der Waals surface area contributed by atoms with Gasteiger partial charge in [0.2, 0.25) is 0 Å². The molecule has 4 nitrogen and oxygen atoms in total. The number of benzene rings is 1. The number of unbranched alkanes of at least 4 members (excludes halogenated alkanes) is 1. The minimum absolute atomic E-state index is 0.0305. The zero-order valence-electron chi connectivity index (χ0n) is 11.4. The molecular formula is C15H19NO3. The Bertz CT molecular complexity index is 574. The zero-order chi connectivity index (χ0) is 13.8. The second-order valence-electron chi connectivity index (χ2n) is 4.93. The van der Waals surface area contributed by atoms with Crippen LogP contribution >= 0.6 is 0 Å². The fraction of sp³-hybridized carbons (Fsp3) is 0.400. The van der Waals surface area contributed by atoms with E-state index in [1.54, 1.807) is 6.07 Å². The number of carbonyl (C=O) groups is 1. The molecule has 1 atom stereocenters. The average molecular weight is 261 g/mol. The topological polar surface area (TPSA) is 57.7 Å². The summed E-state index contributed by atoms with van der Waals surface area (Å²) in [6.45, 7) is 3.80. The lowest BCUT2D eigenvalue weighted by Gasteiger charge is -2.13. The number of fused-ring (bicyclic) bond motifs is 1. The molecule has 0 radical (unpaired) electrons. The van der Waals surface area contributed by atoms with E-state index in [1.807, 2.05) is 18.2 Å². The van der Waals surface area contributed by atoms with E-state index >= 15 is 0 Å². The van der Waals surface area contributed by atoms with Crippen molar-refractivity contribution in [1.29, 1.82) is 0 Å². The first-order chi connectivity index (χ1) is 9.13. The largest absolute Gasteiger partial charge is 0.542 e. The summed E-state index contributed by atoms with van der Waals surface area (Å²) in [5.41, 5.74) is 1.35. The molecule has 0 spiro atoms. The number of carboxylic acids is 1. The van der Waals surface area contributed by atoms with Crippen LogP contribution in [0.15, 0.2) is 28.7 Å². The van der Waals surface area contributed by atoms with Crippen molar-refractivity contribution in [2.24, 2.45) is 0 Å². The molecule has 0 amide bonds. The summed E-state index contributed by atoms with van der Waals surface area (Å²) in [5.74, 6) is -1.27. The Morgan fingerprint density at radius 2 is 2.11 bits per heavy atom. The zero-order valence-corrected chi connectivity index (χ0v) is 11.4. The summed E-state index contributed by atoms with van der Waals surface area (Å²) in [7, 11) is 2.07. The molecule has 0 aliphatic rings. The van der Waals surface area contributed by atoms with Crippen LogP contribution in [-0.2, 0) is 6.54 Å². The van der Waals surface area contributed by atoms with Crippen LogP contribution in [0.4, 0.5) is 0 Å². The van der Waals surface area contributed by atoms with Crippen LogP contribution in [0.25, 0.3) is 11.0 Å². The van der Waals surface area contributed by atoms with Gasteiger partial charge in [0.25, 0.3) is 0 Å². The number of furan rings is 1. The first-order valence-electron chi connectivity index (χ1n) is 6.66. The van der Waals surface area contributed by atoms with Gasteiger partial charge >= 0.3 is 0 Å². The second kappa shape index (κ2) is 5.89. The van der Waals surface area contributed by atoms with Crippen molar-refractivity contribution >= 4 is 16.9 Å². The molecule has 4 heteroatoms. The standard InChI is InChI=1S/C15H19NO3/c1-3-4-9-16(2)10-12-11-7-5-6-8-13(11)19-14(12)15(17)18/h5-8H,3-4,9-10H2,1-2H3,(H,17,18). The van der Waals surface area contributed by atoms with Crippen molar-refractivity contribution in [3.63, 3.8) is 0 Å². The molecule has 1 unspecified atom stereocenters. The molecule has 1 N–H and O–H groups in total. The van der Waals surface area contributed by atoms with Gasteiger partial charge in [-0.15, -0.1) is 0 Å². The summed E-state index contributed by atoms with van der Waals surface area (Å²) < 4.78 is 5.39. The number of carbonyl (C=O) groups excluding carboxylic acids is 1. The van der Waals surface area contributed by atoms with Gasteiger partial charge in [-0.05, 0) is 12.5 Å². The Morgan fingerprint density at radius 1 is 1.37 bits per heavy atom. The molecule has 0 aliphatic carbocycles. The monoisotopic (exact) mass is 261 g/mol. The Morgan fingerprint density at radius 3 is 2.79 bits per heavy atom. The molecule has 0 fully saturated rings. The third-order valence-electron chi connectivity index (χ3n) is 3.32. The van der Waals surface area contributed by atoms with E-state index in [0.29, 0.717) is 12.1 Å². The van der Waals surface area contributed by atoms with Crippen molar-refractivity contribution in [1.82, 2.24) is 0 Å². The summed E-state index contributed by atoms with van der Waals surface area (Å²) >= 11 is 0. The molecule has 2 rings (SSSR count). The highest BCUT2D eigenvalue weighted by Gasteiger charge is 2.18. The molecule has 1 aromatic carbocycles. The van der Waals surface area contributed by atoms with Gasteiger partial charge in [0.1, 0.15) is 18.1 Å². The lowest BCUT2D eigenvalue weighted by atomic mass is 10.1. The number of para-hydroxylation sites is 1. The van der Waals surface area contributed by atoms with Crippen LogP contribution in [0.2, 0.25) is 0 Å². The number of nitrogens with one attached hydrogen (secondary N) is 1. The molecule has 1 heterocycles. The summed E-state index contributed by atoms with van der Waals surface area (Å²) in [6.07, 6.45) is 2.26. The van der Waals surface area contributed by atoms with Crippen molar-refractivity contribution in [2.45, 2.75) is 26.3 Å². The summed E-state index contributed by atoms with van der Waals surface area (Å²) in [6, 6.07) is 7.41. The smallest absolute Gasteiger partial charge is 0.159 e. The summed E-state index contributed by atoms with van der Waals surface area (Å²) in [4.78, 5) is 12.4. The Hall–Kier alpha value is -1.81. The predicted molar refractivity (Wildman–Crippen MR) is 70.9 cm³/mol. The summed E-state index contributed by atoms with van der Waals surface area (Å²) in [5, 5.41) is 12.0. The van der Waals surface area contributed by atoms with Crippen LogP contribution in [0.5, 0.6) is 0 Å². The maximum atomic E-state index is 11.2. The van der Waals surface area contributed by atoms with Crippen molar-refractivity contribution < 1.29 is 19.2 Å². The SMILES string of the molecule is CCCC[NH+](C)Cc1c(C(=O)[O-])oc2ccccc12. The van der Waals surface area contributed by atoms with Crippen LogP contribution < -0.4 is 10.0 Å². The molecule has 0 saturated heterocycles. The fourth-order valence-electron chi connectivity index (χ4n) is 2.31. The number of carboxylic acid groups (broad SMARTS) is 1. The molecule has 102 valence electrons. The number of rotatable bonds is 6. The van der Waals surface area contributed by atoms with Crippen molar-refractivity contribution in [2.75, 3.05) is 13.6 Å². The molecule has 0 bridgehead atoms. The molecule has 0 saturated carbocycles. The average Bonchev–Trinajstić information content (AvgIpc) is 2.76. The fourth-order valence-corrected chi connectivity index (χ4v) is 2.31. The molecular weight excluding hydrogens is 242 g/mol. The number of hydrogen-bond acceptors (Lipinski definition) is 3.